The molecule has 4 nitrogen and oxygen atoms in total. The van der Waals surface area contributed by atoms with Gasteiger partial charge in [-0.25, -0.2) is 0 Å². The first-order chi connectivity index (χ1) is 10.1. The molecular weight excluding hydrogens is 266 g/mol. The van der Waals surface area contributed by atoms with Crippen LogP contribution in [0.4, 0.5) is 0 Å². The molecule has 0 saturated heterocycles. The first-order valence-corrected chi connectivity index (χ1v) is 8.15. The zero-order valence-corrected chi connectivity index (χ0v) is 13.1. The van der Waals surface area contributed by atoms with E-state index < -0.39 is 4.92 Å². The van der Waals surface area contributed by atoms with Crippen molar-refractivity contribution < 1.29 is 9.72 Å². The summed E-state index contributed by atoms with van der Waals surface area (Å²) in [4.78, 5) is 21.6. The van der Waals surface area contributed by atoms with Crippen molar-refractivity contribution in [3.8, 4) is 0 Å². The number of nitrogens with zero attached hydrogens (tertiary/aromatic N) is 1. The van der Waals surface area contributed by atoms with E-state index in [1.165, 1.54) is 44.1 Å². The lowest BCUT2D eigenvalue weighted by molar-refractivity contribution is -0.478. The topological polar surface area (TPSA) is 60.2 Å². The van der Waals surface area contributed by atoms with E-state index in [4.69, 9.17) is 0 Å². The molecule has 118 valence electrons. The van der Waals surface area contributed by atoms with Crippen LogP contribution in [0.3, 0.4) is 0 Å². The van der Waals surface area contributed by atoms with Crippen LogP contribution in [0.1, 0.15) is 64.7 Å². The van der Waals surface area contributed by atoms with Crippen molar-refractivity contribution in [1.29, 1.82) is 0 Å². The molecule has 0 aromatic heterocycles. The molecule has 0 saturated carbocycles. The van der Waals surface area contributed by atoms with Gasteiger partial charge in [0.25, 0.3) is 0 Å². The molecule has 0 aromatic rings. The number of carbonyl (C=O) groups excluding carboxylic acids is 1. The highest BCUT2D eigenvalue weighted by Gasteiger charge is 2.18. The average Bonchev–Trinajstić information content (AvgIpc) is 2.49. The summed E-state index contributed by atoms with van der Waals surface area (Å²) in [6.45, 7) is 1.97. The molecule has 0 aliphatic heterocycles. The number of ketones is 1. The summed E-state index contributed by atoms with van der Waals surface area (Å²) in [6, 6.07) is 0. The number of Topliss-reactive ketones (excluding diaryl/α,β-unsaturated/α-hetero) is 1. The highest BCUT2D eigenvalue weighted by atomic mass is 16.6. The van der Waals surface area contributed by atoms with Gasteiger partial charge in [0.1, 0.15) is 5.78 Å². The van der Waals surface area contributed by atoms with Gasteiger partial charge in [0.05, 0.1) is 6.42 Å². The first-order valence-electron chi connectivity index (χ1n) is 8.15. The Labute approximate surface area is 127 Å². The van der Waals surface area contributed by atoms with Crippen molar-refractivity contribution in [3.05, 3.63) is 33.9 Å². The molecule has 0 amide bonds. The van der Waals surface area contributed by atoms with Gasteiger partial charge in [-0.1, -0.05) is 62.8 Å². The third-order valence-corrected chi connectivity index (χ3v) is 3.95. The van der Waals surface area contributed by atoms with Crippen molar-refractivity contribution in [2.45, 2.75) is 64.7 Å². The Hall–Kier alpha value is -1.45. The van der Waals surface area contributed by atoms with Gasteiger partial charge in [-0.3, -0.25) is 14.9 Å². The second kappa shape index (κ2) is 10.3. The van der Waals surface area contributed by atoms with Gasteiger partial charge < -0.3 is 0 Å². The molecule has 0 radical (unpaired) electrons. The second-order valence-electron chi connectivity index (χ2n) is 5.77. The van der Waals surface area contributed by atoms with E-state index in [1.54, 1.807) is 0 Å². The predicted molar refractivity (Wildman–Crippen MR) is 84.8 cm³/mol. The van der Waals surface area contributed by atoms with Gasteiger partial charge >= 0.3 is 0 Å². The van der Waals surface area contributed by atoms with Crippen molar-refractivity contribution in [2.24, 2.45) is 5.92 Å². The van der Waals surface area contributed by atoms with Crippen molar-refractivity contribution in [3.63, 3.8) is 0 Å². The first kappa shape index (κ1) is 17.6. The molecular formula is C17H27NO3. The molecule has 0 fully saturated rings. The number of carbonyl (C=O) groups is 1. The van der Waals surface area contributed by atoms with Crippen molar-refractivity contribution >= 4 is 5.78 Å². The summed E-state index contributed by atoms with van der Waals surface area (Å²) in [5, 5.41) is 10.3. The molecule has 4 heteroatoms. The van der Waals surface area contributed by atoms with Crippen LogP contribution >= 0.6 is 0 Å². The Morgan fingerprint density at radius 1 is 1.29 bits per heavy atom. The number of rotatable bonds is 11. The number of hydrogen-bond donors (Lipinski definition) is 0. The minimum absolute atomic E-state index is 0.0159. The third kappa shape index (κ3) is 7.78. The normalized spacial score (nSPS) is 17.6. The molecule has 1 aliphatic rings. The molecule has 0 heterocycles. The van der Waals surface area contributed by atoms with Crippen molar-refractivity contribution in [2.75, 3.05) is 6.54 Å². The summed E-state index contributed by atoms with van der Waals surface area (Å²) in [7, 11) is 0. The largest absolute Gasteiger partial charge is 0.299 e. The lowest BCUT2D eigenvalue weighted by Crippen LogP contribution is -2.17. The van der Waals surface area contributed by atoms with Gasteiger partial charge in [0.2, 0.25) is 6.54 Å². The second-order valence-corrected chi connectivity index (χ2v) is 5.77. The number of hydrogen-bond acceptors (Lipinski definition) is 3. The molecule has 21 heavy (non-hydrogen) atoms. The Balaban J connectivity index is 2.17. The maximum atomic E-state index is 11.8. The summed E-state index contributed by atoms with van der Waals surface area (Å²) in [6.07, 6.45) is 15.6. The summed E-state index contributed by atoms with van der Waals surface area (Å²) >= 11 is 0. The van der Waals surface area contributed by atoms with Gasteiger partial charge in [0.15, 0.2) is 0 Å². The quantitative estimate of drug-likeness (QED) is 0.320. The lowest BCUT2D eigenvalue weighted by Gasteiger charge is -2.14. The van der Waals surface area contributed by atoms with Gasteiger partial charge in [-0.15, -0.1) is 0 Å². The summed E-state index contributed by atoms with van der Waals surface area (Å²) < 4.78 is 0. The fourth-order valence-corrected chi connectivity index (χ4v) is 2.59. The van der Waals surface area contributed by atoms with Crippen LogP contribution in [0.5, 0.6) is 0 Å². The zero-order valence-electron chi connectivity index (χ0n) is 13.1. The smallest absolute Gasteiger partial charge is 0.210 e. The lowest BCUT2D eigenvalue weighted by atomic mass is 9.90. The van der Waals surface area contributed by atoms with E-state index in [2.05, 4.69) is 13.0 Å². The Kier molecular flexibility index (Phi) is 8.63. The Morgan fingerprint density at radius 2 is 2.00 bits per heavy atom. The van der Waals surface area contributed by atoms with Gasteiger partial charge in [-0.05, 0) is 19.3 Å². The minimum Gasteiger partial charge on any atom is -0.299 e. The van der Waals surface area contributed by atoms with Crippen LogP contribution in [0.25, 0.3) is 0 Å². The number of allylic oxidation sites excluding steroid dienone is 4. The van der Waals surface area contributed by atoms with Crippen LogP contribution in [0.2, 0.25) is 0 Å². The average molecular weight is 293 g/mol. The molecule has 0 aromatic carbocycles. The molecule has 1 aliphatic carbocycles. The third-order valence-electron chi connectivity index (χ3n) is 3.95. The zero-order chi connectivity index (χ0) is 15.5. The molecule has 0 bridgehead atoms. The predicted octanol–water partition coefficient (Wildman–Crippen LogP) is 4.48. The standard InChI is InChI=1S/C17H27NO3/c1-2-3-4-5-6-7-8-15-9-11-16(12-10-15)17(19)13-14-18(20)21/h9-11,16H,2-8,12-14H2,1H3. The van der Waals surface area contributed by atoms with E-state index in [0.29, 0.717) is 6.42 Å². The molecule has 1 atom stereocenters. The highest BCUT2D eigenvalue weighted by Crippen LogP contribution is 2.22. The fourth-order valence-electron chi connectivity index (χ4n) is 2.59. The summed E-state index contributed by atoms with van der Waals surface area (Å²) in [5.74, 6) is -0.170. The highest BCUT2D eigenvalue weighted by molar-refractivity contribution is 5.83. The van der Waals surface area contributed by atoms with E-state index >= 15 is 0 Å². The monoisotopic (exact) mass is 293 g/mol. The molecule has 0 N–H and O–H groups in total. The van der Waals surface area contributed by atoms with E-state index in [-0.39, 0.29) is 24.7 Å². The molecule has 0 spiro atoms. The van der Waals surface area contributed by atoms with Gasteiger partial charge in [-0.2, -0.15) is 0 Å². The minimum atomic E-state index is -0.426. The number of nitro groups is 1. The van der Waals surface area contributed by atoms with E-state index in [9.17, 15) is 14.9 Å². The van der Waals surface area contributed by atoms with Crippen LogP contribution < -0.4 is 0 Å². The SMILES string of the molecule is CCCCCCCCC1=CCC(C(=O)CC[N+](=O)[O-])C=C1. The maximum Gasteiger partial charge on any atom is 0.210 e. The Morgan fingerprint density at radius 3 is 2.62 bits per heavy atom. The van der Waals surface area contributed by atoms with Crippen LogP contribution in [0.15, 0.2) is 23.8 Å². The molecule has 1 unspecified atom stereocenters. The van der Waals surface area contributed by atoms with Crippen LogP contribution in [-0.4, -0.2) is 17.3 Å². The number of unbranched alkanes of at least 4 members (excludes halogenated alkanes) is 5. The van der Waals surface area contributed by atoms with E-state index in [0.717, 1.165) is 6.42 Å². The van der Waals surface area contributed by atoms with Gasteiger partial charge in [0, 0.05) is 10.8 Å². The molecule has 1 rings (SSSR count). The maximum absolute atomic E-state index is 11.8. The van der Waals surface area contributed by atoms with E-state index in [1.807, 2.05) is 12.2 Å². The summed E-state index contributed by atoms with van der Waals surface area (Å²) in [5.41, 5.74) is 1.31. The van der Waals surface area contributed by atoms with Crippen LogP contribution in [0, 0.1) is 16.0 Å². The fraction of sp³-hybridized carbons (Fsp3) is 0.706. The Bertz CT molecular complexity index is 399. The van der Waals surface area contributed by atoms with Crippen molar-refractivity contribution in [1.82, 2.24) is 0 Å². The van der Waals surface area contributed by atoms with Crippen LogP contribution in [-0.2, 0) is 4.79 Å².